The molecule has 1 aromatic heterocycles. The molecular formula is C15H18N2OS. The zero-order valence-electron chi connectivity index (χ0n) is 11.5. The fourth-order valence-electron chi connectivity index (χ4n) is 2.49. The third-order valence-electron chi connectivity index (χ3n) is 3.70. The van der Waals surface area contributed by atoms with Gasteiger partial charge in [0.2, 0.25) is 0 Å². The van der Waals surface area contributed by atoms with E-state index in [0.29, 0.717) is 6.04 Å². The van der Waals surface area contributed by atoms with E-state index in [9.17, 15) is 0 Å². The van der Waals surface area contributed by atoms with E-state index in [4.69, 9.17) is 4.52 Å². The molecule has 1 aromatic carbocycles. The number of para-hydroxylation sites is 1. The van der Waals surface area contributed by atoms with Crippen LogP contribution in [-0.2, 0) is 6.54 Å². The largest absolute Gasteiger partial charge is 0.363 e. The van der Waals surface area contributed by atoms with Crippen LogP contribution >= 0.6 is 11.8 Å². The van der Waals surface area contributed by atoms with Crippen LogP contribution in [0.4, 0.5) is 5.69 Å². The molecule has 0 N–H and O–H groups in total. The number of aryl methyl sites for hydroxylation is 2. The molecule has 1 aliphatic heterocycles. The summed E-state index contributed by atoms with van der Waals surface area (Å²) in [4.78, 5) is 3.82. The molecule has 2 heterocycles. The number of fused-ring (bicyclic) bond motifs is 1. The van der Waals surface area contributed by atoms with Crippen LogP contribution in [0.2, 0.25) is 0 Å². The van der Waals surface area contributed by atoms with Gasteiger partial charge in [-0.1, -0.05) is 17.3 Å². The molecule has 0 fully saturated rings. The second-order valence-electron chi connectivity index (χ2n) is 5.06. The number of hydrogen-bond donors (Lipinski definition) is 0. The first-order chi connectivity index (χ1) is 9.16. The van der Waals surface area contributed by atoms with Gasteiger partial charge in [0.05, 0.1) is 11.4 Å². The average Bonchev–Trinajstić information content (AvgIpc) is 2.73. The van der Waals surface area contributed by atoms with Gasteiger partial charge in [0.15, 0.2) is 0 Å². The highest BCUT2D eigenvalue weighted by molar-refractivity contribution is 7.99. The number of thioether (sulfide) groups is 1. The lowest BCUT2D eigenvalue weighted by atomic mass is 10.1. The van der Waals surface area contributed by atoms with Crippen molar-refractivity contribution in [3.05, 3.63) is 41.3 Å². The number of hydrogen-bond acceptors (Lipinski definition) is 4. The van der Waals surface area contributed by atoms with E-state index in [-0.39, 0.29) is 0 Å². The van der Waals surface area contributed by atoms with E-state index < -0.39 is 0 Å². The van der Waals surface area contributed by atoms with Crippen molar-refractivity contribution in [2.45, 2.75) is 38.3 Å². The van der Waals surface area contributed by atoms with Gasteiger partial charge < -0.3 is 9.42 Å². The Morgan fingerprint density at radius 2 is 2.16 bits per heavy atom. The molecule has 3 rings (SSSR count). The van der Waals surface area contributed by atoms with Gasteiger partial charge in [-0.05, 0) is 32.9 Å². The predicted molar refractivity (Wildman–Crippen MR) is 78.8 cm³/mol. The lowest BCUT2D eigenvalue weighted by Gasteiger charge is -2.36. The zero-order valence-corrected chi connectivity index (χ0v) is 12.3. The Labute approximate surface area is 118 Å². The van der Waals surface area contributed by atoms with Crippen molar-refractivity contribution in [3.8, 4) is 0 Å². The number of aromatic nitrogens is 1. The van der Waals surface area contributed by atoms with E-state index in [2.05, 4.69) is 41.2 Å². The number of benzene rings is 1. The van der Waals surface area contributed by atoms with Gasteiger partial charge in [0.1, 0.15) is 5.76 Å². The highest BCUT2D eigenvalue weighted by Crippen LogP contribution is 2.38. The molecule has 0 saturated carbocycles. The van der Waals surface area contributed by atoms with Crippen LogP contribution < -0.4 is 4.90 Å². The quantitative estimate of drug-likeness (QED) is 0.833. The molecule has 1 atom stereocenters. The van der Waals surface area contributed by atoms with Crippen LogP contribution in [0.15, 0.2) is 33.7 Å². The van der Waals surface area contributed by atoms with Crippen LogP contribution in [0, 0.1) is 13.8 Å². The zero-order chi connectivity index (χ0) is 13.4. The lowest BCUT2D eigenvalue weighted by molar-refractivity contribution is 0.392. The molecule has 100 valence electrons. The Hall–Kier alpha value is -1.42. The predicted octanol–water partition coefficient (Wildman–Crippen LogP) is 3.79. The SMILES string of the molecule is Cc1noc(C)c1CN1c2ccccc2SC[C@@H]1C. The Balaban J connectivity index is 1.96. The van der Waals surface area contributed by atoms with Crippen LogP contribution in [0.5, 0.6) is 0 Å². The summed E-state index contributed by atoms with van der Waals surface area (Å²) in [5.41, 5.74) is 3.54. The van der Waals surface area contributed by atoms with Crippen LogP contribution in [-0.4, -0.2) is 17.0 Å². The standard InChI is InChI=1S/C15H18N2OS/c1-10-9-19-15-7-5-4-6-14(15)17(10)8-13-11(2)16-18-12(13)3/h4-7,10H,8-9H2,1-3H3/t10-/m0/s1. The molecular weight excluding hydrogens is 256 g/mol. The third-order valence-corrected chi connectivity index (χ3v) is 5.00. The van der Waals surface area contributed by atoms with Crippen molar-refractivity contribution in [1.82, 2.24) is 5.16 Å². The molecule has 2 aromatic rings. The fraction of sp³-hybridized carbons (Fsp3) is 0.400. The van der Waals surface area contributed by atoms with Gasteiger partial charge in [-0.2, -0.15) is 0 Å². The Morgan fingerprint density at radius 1 is 1.37 bits per heavy atom. The molecule has 3 nitrogen and oxygen atoms in total. The first-order valence-electron chi connectivity index (χ1n) is 6.57. The molecule has 0 spiro atoms. The molecule has 0 aliphatic carbocycles. The first kappa shape index (κ1) is 12.6. The molecule has 0 radical (unpaired) electrons. The Bertz CT molecular complexity index is 574. The summed E-state index contributed by atoms with van der Waals surface area (Å²) in [5, 5.41) is 4.06. The minimum Gasteiger partial charge on any atom is -0.363 e. The van der Waals surface area contributed by atoms with Gasteiger partial charge >= 0.3 is 0 Å². The molecule has 1 aliphatic rings. The van der Waals surface area contributed by atoms with Crippen molar-refractivity contribution in [2.24, 2.45) is 0 Å². The summed E-state index contributed by atoms with van der Waals surface area (Å²) in [6, 6.07) is 9.14. The molecule has 0 amide bonds. The Morgan fingerprint density at radius 3 is 2.89 bits per heavy atom. The van der Waals surface area contributed by atoms with E-state index in [1.165, 1.54) is 16.1 Å². The first-order valence-corrected chi connectivity index (χ1v) is 7.55. The van der Waals surface area contributed by atoms with Crippen molar-refractivity contribution >= 4 is 17.4 Å². The fourth-order valence-corrected chi connectivity index (χ4v) is 3.60. The summed E-state index contributed by atoms with van der Waals surface area (Å²) < 4.78 is 5.28. The highest BCUT2D eigenvalue weighted by Gasteiger charge is 2.25. The number of anilines is 1. The van der Waals surface area contributed by atoms with E-state index >= 15 is 0 Å². The minimum absolute atomic E-state index is 0.522. The summed E-state index contributed by atoms with van der Waals surface area (Å²) in [7, 11) is 0. The third kappa shape index (κ3) is 2.25. The van der Waals surface area contributed by atoms with Gasteiger partial charge in [-0.25, -0.2) is 0 Å². The second kappa shape index (κ2) is 4.93. The topological polar surface area (TPSA) is 29.3 Å². The van der Waals surface area contributed by atoms with Crippen molar-refractivity contribution in [2.75, 3.05) is 10.7 Å². The molecule has 19 heavy (non-hydrogen) atoms. The van der Waals surface area contributed by atoms with Gasteiger partial charge in [0.25, 0.3) is 0 Å². The molecule has 0 unspecified atom stereocenters. The smallest absolute Gasteiger partial charge is 0.138 e. The van der Waals surface area contributed by atoms with E-state index in [1.807, 2.05) is 25.6 Å². The summed E-state index contributed by atoms with van der Waals surface area (Å²) in [6.45, 7) is 7.16. The van der Waals surface area contributed by atoms with Crippen LogP contribution in [0.25, 0.3) is 0 Å². The van der Waals surface area contributed by atoms with Crippen molar-refractivity contribution in [3.63, 3.8) is 0 Å². The maximum absolute atomic E-state index is 5.28. The normalized spacial score (nSPS) is 18.5. The Kier molecular flexibility index (Phi) is 3.27. The summed E-state index contributed by atoms with van der Waals surface area (Å²) in [6.07, 6.45) is 0. The number of rotatable bonds is 2. The van der Waals surface area contributed by atoms with E-state index in [1.54, 1.807) is 0 Å². The van der Waals surface area contributed by atoms with Crippen molar-refractivity contribution < 1.29 is 4.52 Å². The summed E-state index contributed by atoms with van der Waals surface area (Å²) >= 11 is 1.94. The maximum atomic E-state index is 5.28. The van der Waals surface area contributed by atoms with Crippen LogP contribution in [0.1, 0.15) is 23.9 Å². The highest BCUT2D eigenvalue weighted by atomic mass is 32.2. The number of nitrogens with zero attached hydrogens (tertiary/aromatic N) is 2. The van der Waals surface area contributed by atoms with Crippen molar-refractivity contribution in [1.29, 1.82) is 0 Å². The van der Waals surface area contributed by atoms with Gasteiger partial charge in [0, 0.05) is 28.8 Å². The monoisotopic (exact) mass is 274 g/mol. The minimum atomic E-state index is 0.522. The summed E-state index contributed by atoms with van der Waals surface area (Å²) in [5.74, 6) is 2.06. The second-order valence-corrected chi connectivity index (χ2v) is 6.12. The van der Waals surface area contributed by atoms with Gasteiger partial charge in [-0.15, -0.1) is 11.8 Å². The molecule has 4 heteroatoms. The van der Waals surface area contributed by atoms with E-state index in [0.717, 1.165) is 23.8 Å². The maximum Gasteiger partial charge on any atom is 0.138 e. The molecule has 0 bridgehead atoms. The van der Waals surface area contributed by atoms with Crippen LogP contribution in [0.3, 0.4) is 0 Å². The average molecular weight is 274 g/mol. The lowest BCUT2D eigenvalue weighted by Crippen LogP contribution is -2.37. The van der Waals surface area contributed by atoms with Gasteiger partial charge in [-0.3, -0.25) is 0 Å². The molecule has 0 saturated heterocycles.